The zero-order chi connectivity index (χ0) is 12.6. The van der Waals surface area contributed by atoms with Crippen molar-refractivity contribution < 1.29 is 4.79 Å². The molecule has 2 saturated heterocycles. The van der Waals surface area contributed by atoms with Crippen molar-refractivity contribution in [3.63, 3.8) is 0 Å². The van der Waals surface area contributed by atoms with E-state index >= 15 is 0 Å². The summed E-state index contributed by atoms with van der Waals surface area (Å²) in [6, 6.07) is 1.77. The number of hydrogen-bond donors (Lipinski definition) is 1. The molecule has 98 valence electrons. The molecule has 5 heteroatoms. The lowest BCUT2D eigenvalue weighted by molar-refractivity contribution is 0.0403. The van der Waals surface area contributed by atoms with E-state index in [0.29, 0.717) is 5.69 Å². The molecule has 0 radical (unpaired) electrons. The fourth-order valence-electron chi connectivity index (χ4n) is 3.33. The zero-order valence-electron chi connectivity index (χ0n) is 10.9. The number of nitrogens with zero attached hydrogens (tertiary/aromatic N) is 3. The van der Waals surface area contributed by atoms with Crippen molar-refractivity contribution in [3.8, 4) is 0 Å². The molecule has 1 aromatic rings. The lowest BCUT2D eigenvalue weighted by Gasteiger charge is -2.44. The summed E-state index contributed by atoms with van der Waals surface area (Å²) in [5.41, 5.74) is 0.726. The number of amides is 1. The third kappa shape index (κ3) is 1.82. The number of likely N-dealkylation sites (tertiary alicyclic amines) is 2. The predicted molar refractivity (Wildman–Crippen MR) is 68.3 cm³/mol. The Kier molecular flexibility index (Phi) is 2.86. The van der Waals surface area contributed by atoms with Crippen LogP contribution in [0.5, 0.6) is 0 Å². The Labute approximate surface area is 107 Å². The van der Waals surface area contributed by atoms with E-state index in [1.165, 1.54) is 0 Å². The number of nitrogens with one attached hydrogen (secondary N) is 1. The average Bonchev–Trinajstić information content (AvgIpc) is 3.03. The van der Waals surface area contributed by atoms with Gasteiger partial charge in [0.05, 0.1) is 0 Å². The first-order chi connectivity index (χ1) is 8.71. The van der Waals surface area contributed by atoms with Gasteiger partial charge in [-0.15, -0.1) is 0 Å². The van der Waals surface area contributed by atoms with E-state index in [0.717, 1.165) is 45.3 Å². The van der Waals surface area contributed by atoms with E-state index < -0.39 is 0 Å². The van der Waals surface area contributed by atoms with Gasteiger partial charge in [-0.25, -0.2) is 0 Å². The first-order valence-electron chi connectivity index (χ1n) is 6.71. The average molecular weight is 248 g/mol. The van der Waals surface area contributed by atoms with Crippen LogP contribution in [0, 0.1) is 0 Å². The lowest BCUT2D eigenvalue weighted by Crippen LogP contribution is -2.53. The number of H-pyrrole nitrogens is 1. The summed E-state index contributed by atoms with van der Waals surface area (Å²) in [5, 5.41) is 6.67. The second-order valence-corrected chi connectivity index (χ2v) is 5.56. The van der Waals surface area contributed by atoms with Crippen LogP contribution >= 0.6 is 0 Å². The predicted octanol–water partition coefficient (Wildman–Crippen LogP) is 1.11. The van der Waals surface area contributed by atoms with Crippen molar-refractivity contribution in [1.82, 2.24) is 20.0 Å². The Morgan fingerprint density at radius 2 is 2.11 bits per heavy atom. The summed E-state index contributed by atoms with van der Waals surface area (Å²) >= 11 is 0. The van der Waals surface area contributed by atoms with Crippen LogP contribution in [0.4, 0.5) is 0 Å². The Balaban J connectivity index is 1.81. The summed E-state index contributed by atoms with van der Waals surface area (Å²) in [7, 11) is 2.16. The van der Waals surface area contributed by atoms with Crippen LogP contribution in [0.3, 0.4) is 0 Å². The van der Waals surface area contributed by atoms with Crippen LogP contribution in [0.1, 0.15) is 36.2 Å². The second kappa shape index (κ2) is 4.39. The van der Waals surface area contributed by atoms with Gasteiger partial charge in [-0.3, -0.25) is 9.89 Å². The van der Waals surface area contributed by atoms with Gasteiger partial charge in [0.2, 0.25) is 0 Å². The minimum absolute atomic E-state index is 0.106. The van der Waals surface area contributed by atoms with E-state index in [-0.39, 0.29) is 11.4 Å². The van der Waals surface area contributed by atoms with Crippen LogP contribution in [0.25, 0.3) is 0 Å². The molecule has 0 aliphatic carbocycles. The van der Waals surface area contributed by atoms with Gasteiger partial charge in [0.15, 0.2) is 0 Å². The number of hydrogen-bond acceptors (Lipinski definition) is 3. The highest BCUT2D eigenvalue weighted by atomic mass is 16.2. The Bertz CT molecular complexity index is 420. The maximum absolute atomic E-state index is 12.5. The molecule has 1 N–H and O–H groups in total. The van der Waals surface area contributed by atoms with Crippen molar-refractivity contribution in [2.75, 3.05) is 26.7 Å². The summed E-state index contributed by atoms with van der Waals surface area (Å²) in [5.74, 6) is 0.120. The van der Waals surface area contributed by atoms with E-state index in [1.807, 2.05) is 0 Å². The van der Waals surface area contributed by atoms with Crippen molar-refractivity contribution in [2.45, 2.75) is 31.2 Å². The fraction of sp³-hybridized carbons (Fsp3) is 0.692. The van der Waals surface area contributed by atoms with Crippen LogP contribution in [-0.2, 0) is 0 Å². The van der Waals surface area contributed by atoms with Gasteiger partial charge < -0.3 is 9.80 Å². The standard InChI is InChI=1S/C13H20N4O/c1-16-9-5-13(6-10-16)4-2-8-17(13)12(18)11-3-7-14-15-11/h3,7H,2,4-6,8-10H2,1H3,(H,14,15). The smallest absolute Gasteiger partial charge is 0.272 e. The lowest BCUT2D eigenvalue weighted by atomic mass is 9.85. The SMILES string of the molecule is CN1CCC2(CCCN2C(=O)c2ccn[nH]2)CC1. The molecule has 0 atom stereocenters. The molecule has 0 bridgehead atoms. The summed E-state index contributed by atoms with van der Waals surface area (Å²) in [4.78, 5) is 16.9. The third-order valence-corrected chi connectivity index (χ3v) is 4.49. The maximum Gasteiger partial charge on any atom is 0.272 e. The number of aromatic amines is 1. The molecule has 0 unspecified atom stereocenters. The summed E-state index contributed by atoms with van der Waals surface area (Å²) in [6.45, 7) is 3.07. The van der Waals surface area contributed by atoms with Crippen LogP contribution in [0.2, 0.25) is 0 Å². The highest BCUT2D eigenvalue weighted by Crippen LogP contribution is 2.38. The zero-order valence-corrected chi connectivity index (χ0v) is 10.9. The van der Waals surface area contributed by atoms with Crippen molar-refractivity contribution in [3.05, 3.63) is 18.0 Å². The molecular weight excluding hydrogens is 228 g/mol. The van der Waals surface area contributed by atoms with E-state index in [4.69, 9.17) is 0 Å². The molecule has 3 heterocycles. The maximum atomic E-state index is 12.5. The molecule has 2 fully saturated rings. The number of piperidine rings is 1. The fourth-order valence-corrected chi connectivity index (χ4v) is 3.33. The third-order valence-electron chi connectivity index (χ3n) is 4.49. The number of carbonyl (C=O) groups excluding carboxylic acids is 1. The van der Waals surface area contributed by atoms with Gasteiger partial charge in [0, 0.05) is 31.4 Å². The topological polar surface area (TPSA) is 52.2 Å². The largest absolute Gasteiger partial charge is 0.332 e. The number of rotatable bonds is 1. The monoisotopic (exact) mass is 248 g/mol. The number of carbonyl (C=O) groups is 1. The normalized spacial score (nSPS) is 23.7. The van der Waals surface area contributed by atoms with Crippen molar-refractivity contribution in [1.29, 1.82) is 0 Å². The first kappa shape index (κ1) is 11.7. The molecule has 2 aliphatic heterocycles. The molecule has 0 aromatic carbocycles. The van der Waals surface area contributed by atoms with E-state index in [1.54, 1.807) is 12.3 Å². The molecule has 5 nitrogen and oxygen atoms in total. The molecule has 0 saturated carbocycles. The molecule has 1 amide bonds. The van der Waals surface area contributed by atoms with Gasteiger partial charge >= 0.3 is 0 Å². The highest BCUT2D eigenvalue weighted by Gasteiger charge is 2.45. The van der Waals surface area contributed by atoms with Gasteiger partial charge in [-0.05, 0) is 38.8 Å². The van der Waals surface area contributed by atoms with Crippen LogP contribution in [0.15, 0.2) is 12.3 Å². The first-order valence-corrected chi connectivity index (χ1v) is 6.71. The second-order valence-electron chi connectivity index (χ2n) is 5.56. The number of aromatic nitrogens is 2. The van der Waals surface area contributed by atoms with Crippen LogP contribution < -0.4 is 0 Å². The van der Waals surface area contributed by atoms with Gasteiger partial charge in [0.25, 0.3) is 5.91 Å². The minimum atomic E-state index is 0.106. The molecule has 1 spiro atoms. The van der Waals surface area contributed by atoms with Crippen molar-refractivity contribution in [2.24, 2.45) is 0 Å². The Morgan fingerprint density at radius 3 is 2.78 bits per heavy atom. The summed E-state index contributed by atoms with van der Waals surface area (Å²) < 4.78 is 0. The molecule has 1 aromatic heterocycles. The van der Waals surface area contributed by atoms with Gasteiger partial charge in [-0.1, -0.05) is 0 Å². The van der Waals surface area contributed by atoms with Crippen LogP contribution in [-0.4, -0.2) is 58.1 Å². The molecule has 2 aliphatic rings. The van der Waals surface area contributed by atoms with E-state index in [9.17, 15) is 4.79 Å². The minimum Gasteiger partial charge on any atom is -0.332 e. The quantitative estimate of drug-likeness (QED) is 0.810. The highest BCUT2D eigenvalue weighted by molar-refractivity contribution is 5.93. The Morgan fingerprint density at radius 1 is 1.33 bits per heavy atom. The van der Waals surface area contributed by atoms with Gasteiger partial charge in [0.1, 0.15) is 5.69 Å². The molecular formula is C13H20N4O. The van der Waals surface area contributed by atoms with Gasteiger partial charge in [-0.2, -0.15) is 5.10 Å². The Hall–Kier alpha value is -1.36. The molecule has 3 rings (SSSR count). The van der Waals surface area contributed by atoms with Crippen molar-refractivity contribution >= 4 is 5.91 Å². The van der Waals surface area contributed by atoms with E-state index in [2.05, 4.69) is 27.0 Å². The molecule has 18 heavy (non-hydrogen) atoms. The summed E-state index contributed by atoms with van der Waals surface area (Å²) in [6.07, 6.45) is 6.13.